The maximum Gasteiger partial charge on any atom is 0.248 e. The Labute approximate surface area is 198 Å². The molecular weight excluding hydrogens is 460 g/mol. The van der Waals surface area contributed by atoms with E-state index in [0.29, 0.717) is 30.3 Å². The fraction of sp³-hybridized carbons (Fsp3) is 0.417. The molecule has 0 fully saturated rings. The number of ether oxygens (including phenoxy) is 2. The number of rotatable bonds is 10. The predicted molar refractivity (Wildman–Crippen MR) is 131 cm³/mol. The Bertz CT molecular complexity index is 1290. The largest absolute Gasteiger partial charge is 0.497 e. The third-order valence-electron chi connectivity index (χ3n) is 5.40. The van der Waals surface area contributed by atoms with Gasteiger partial charge in [0.05, 0.1) is 34.6 Å². The molecule has 0 N–H and O–H groups in total. The van der Waals surface area contributed by atoms with Gasteiger partial charge in [-0.3, -0.25) is 4.79 Å². The number of thiazole rings is 1. The van der Waals surface area contributed by atoms with Crippen molar-refractivity contribution in [3.05, 3.63) is 52.3 Å². The summed E-state index contributed by atoms with van der Waals surface area (Å²) < 4.78 is 38.8. The third kappa shape index (κ3) is 6.31. The standard InChI is InChI=1S/C24H30N2O5S2/c1-5-31-13-12-26-21-15-17(2)18(3)16-22(21)32-24(26)25-23(27)7-6-14-33(28,29)20-10-8-19(30-4)9-11-20/h8-11,15-16H,5-7,12-14H2,1-4H3. The molecule has 2 aromatic carbocycles. The molecule has 7 nitrogen and oxygen atoms in total. The third-order valence-corrected chi connectivity index (χ3v) is 8.26. The van der Waals surface area contributed by atoms with Gasteiger partial charge in [0.2, 0.25) is 5.91 Å². The molecule has 0 aliphatic carbocycles. The zero-order valence-electron chi connectivity index (χ0n) is 19.5. The summed E-state index contributed by atoms with van der Waals surface area (Å²) in [5.74, 6) is 0.148. The molecule has 0 spiro atoms. The van der Waals surface area contributed by atoms with E-state index in [2.05, 4.69) is 31.0 Å². The van der Waals surface area contributed by atoms with E-state index in [4.69, 9.17) is 9.47 Å². The molecule has 178 valence electrons. The number of methoxy groups -OCH3 is 1. The van der Waals surface area contributed by atoms with Gasteiger partial charge >= 0.3 is 0 Å². The van der Waals surface area contributed by atoms with Crippen molar-refractivity contribution in [1.29, 1.82) is 0 Å². The Balaban J connectivity index is 1.75. The molecule has 0 saturated carbocycles. The first-order chi connectivity index (χ1) is 15.7. The van der Waals surface area contributed by atoms with E-state index in [1.165, 1.54) is 41.7 Å². The Morgan fingerprint density at radius 1 is 1.12 bits per heavy atom. The van der Waals surface area contributed by atoms with Crippen molar-refractivity contribution in [2.24, 2.45) is 4.99 Å². The normalized spacial score (nSPS) is 12.4. The lowest BCUT2D eigenvalue weighted by Gasteiger charge is -2.07. The van der Waals surface area contributed by atoms with E-state index in [1.54, 1.807) is 12.1 Å². The molecular formula is C24H30N2O5S2. The summed E-state index contributed by atoms with van der Waals surface area (Å²) in [6.07, 6.45) is 0.270. The molecule has 0 unspecified atom stereocenters. The molecule has 0 saturated heterocycles. The van der Waals surface area contributed by atoms with Crippen molar-refractivity contribution in [2.45, 2.75) is 45.1 Å². The maximum atomic E-state index is 12.6. The number of benzene rings is 2. The minimum atomic E-state index is -3.48. The van der Waals surface area contributed by atoms with Crippen LogP contribution in [-0.4, -0.2) is 45.0 Å². The topological polar surface area (TPSA) is 87.0 Å². The van der Waals surface area contributed by atoms with Gasteiger partial charge in [0.15, 0.2) is 14.6 Å². The molecule has 1 amide bonds. The van der Waals surface area contributed by atoms with E-state index >= 15 is 0 Å². The molecule has 1 aromatic heterocycles. The summed E-state index contributed by atoms with van der Waals surface area (Å²) in [5, 5.41) is 0. The molecule has 0 aliphatic rings. The number of hydrogen-bond acceptors (Lipinski definition) is 6. The van der Waals surface area contributed by atoms with E-state index in [0.717, 1.165) is 10.2 Å². The van der Waals surface area contributed by atoms with Crippen LogP contribution in [-0.2, 0) is 25.9 Å². The number of carbonyl (C=O) groups excluding carboxylic acids is 1. The van der Waals surface area contributed by atoms with Gasteiger partial charge in [0.25, 0.3) is 0 Å². The van der Waals surface area contributed by atoms with Crippen LogP contribution in [0.3, 0.4) is 0 Å². The highest BCUT2D eigenvalue weighted by Gasteiger charge is 2.16. The lowest BCUT2D eigenvalue weighted by atomic mass is 10.1. The molecule has 3 aromatic rings. The monoisotopic (exact) mass is 490 g/mol. The number of amides is 1. The summed E-state index contributed by atoms with van der Waals surface area (Å²) in [5.41, 5.74) is 3.38. The second kappa shape index (κ2) is 11.1. The number of aryl methyl sites for hydroxylation is 2. The van der Waals surface area contributed by atoms with E-state index in [9.17, 15) is 13.2 Å². The van der Waals surface area contributed by atoms with Crippen molar-refractivity contribution in [1.82, 2.24) is 4.57 Å². The average Bonchev–Trinajstić information content (AvgIpc) is 3.09. The highest BCUT2D eigenvalue weighted by Crippen LogP contribution is 2.22. The first-order valence-electron chi connectivity index (χ1n) is 10.9. The van der Waals surface area contributed by atoms with E-state index < -0.39 is 9.84 Å². The quantitative estimate of drug-likeness (QED) is 0.400. The van der Waals surface area contributed by atoms with E-state index in [-0.39, 0.29) is 29.4 Å². The van der Waals surface area contributed by atoms with Crippen molar-refractivity contribution in [3.63, 3.8) is 0 Å². The van der Waals surface area contributed by atoms with Crippen LogP contribution in [0.15, 0.2) is 46.3 Å². The second-order valence-corrected chi connectivity index (χ2v) is 10.9. The smallest absolute Gasteiger partial charge is 0.248 e. The summed E-state index contributed by atoms with van der Waals surface area (Å²) >= 11 is 1.46. The van der Waals surface area contributed by atoms with Crippen LogP contribution >= 0.6 is 11.3 Å². The number of sulfone groups is 1. The van der Waals surface area contributed by atoms with Crippen LogP contribution in [0.25, 0.3) is 10.2 Å². The lowest BCUT2D eigenvalue weighted by Crippen LogP contribution is -2.20. The Morgan fingerprint density at radius 2 is 1.82 bits per heavy atom. The van der Waals surface area contributed by atoms with Gasteiger partial charge < -0.3 is 14.0 Å². The average molecular weight is 491 g/mol. The molecule has 0 atom stereocenters. The Hall–Kier alpha value is -2.49. The van der Waals surface area contributed by atoms with Crippen LogP contribution in [0, 0.1) is 13.8 Å². The summed E-state index contributed by atoms with van der Waals surface area (Å²) in [6.45, 7) is 7.80. The van der Waals surface area contributed by atoms with Crippen molar-refractivity contribution in [3.8, 4) is 5.75 Å². The number of fused-ring (bicyclic) bond motifs is 1. The van der Waals surface area contributed by atoms with Crippen molar-refractivity contribution >= 4 is 37.3 Å². The van der Waals surface area contributed by atoms with Gasteiger partial charge in [0.1, 0.15) is 5.75 Å². The molecule has 33 heavy (non-hydrogen) atoms. The van der Waals surface area contributed by atoms with Crippen molar-refractivity contribution in [2.75, 3.05) is 26.1 Å². The number of nitrogens with zero attached hydrogens (tertiary/aromatic N) is 2. The SMILES string of the molecule is CCOCCn1c(=NC(=O)CCCS(=O)(=O)c2ccc(OC)cc2)sc2cc(C)c(C)cc21. The second-order valence-electron chi connectivity index (χ2n) is 7.74. The maximum absolute atomic E-state index is 12.6. The Kier molecular flexibility index (Phi) is 8.45. The van der Waals surface area contributed by atoms with Crippen LogP contribution in [0.4, 0.5) is 0 Å². The molecule has 0 bridgehead atoms. The summed E-state index contributed by atoms with van der Waals surface area (Å²) in [6, 6.07) is 10.5. The van der Waals surface area contributed by atoms with Gasteiger partial charge in [-0.05, 0) is 74.7 Å². The summed E-state index contributed by atoms with van der Waals surface area (Å²) in [4.78, 5) is 17.7. The Morgan fingerprint density at radius 3 is 2.48 bits per heavy atom. The van der Waals surface area contributed by atoms with Crippen LogP contribution in [0.5, 0.6) is 5.75 Å². The van der Waals surface area contributed by atoms with Crippen LogP contribution in [0.2, 0.25) is 0 Å². The first kappa shape index (κ1) is 25.1. The zero-order chi connectivity index (χ0) is 24.0. The molecule has 0 aliphatic heterocycles. The highest BCUT2D eigenvalue weighted by atomic mass is 32.2. The summed E-state index contributed by atoms with van der Waals surface area (Å²) in [7, 11) is -1.95. The first-order valence-corrected chi connectivity index (χ1v) is 13.3. The molecule has 9 heteroatoms. The van der Waals surface area contributed by atoms with E-state index in [1.807, 2.05) is 11.5 Å². The van der Waals surface area contributed by atoms with Gasteiger partial charge in [-0.2, -0.15) is 4.99 Å². The van der Waals surface area contributed by atoms with Gasteiger partial charge in [0, 0.05) is 19.6 Å². The minimum Gasteiger partial charge on any atom is -0.497 e. The minimum absolute atomic E-state index is 0.0626. The number of carbonyl (C=O) groups is 1. The fourth-order valence-corrected chi connectivity index (χ4v) is 5.86. The van der Waals surface area contributed by atoms with Gasteiger partial charge in [-0.25, -0.2) is 8.42 Å². The van der Waals surface area contributed by atoms with Gasteiger partial charge in [-0.15, -0.1) is 0 Å². The number of aromatic nitrogens is 1. The fourth-order valence-electron chi connectivity index (χ4n) is 3.40. The van der Waals surface area contributed by atoms with Crippen molar-refractivity contribution < 1.29 is 22.7 Å². The highest BCUT2D eigenvalue weighted by molar-refractivity contribution is 7.91. The van der Waals surface area contributed by atoms with Crippen LogP contribution < -0.4 is 9.54 Å². The zero-order valence-corrected chi connectivity index (χ0v) is 21.1. The molecule has 0 radical (unpaired) electrons. The lowest BCUT2D eigenvalue weighted by molar-refractivity contribution is -0.118. The number of hydrogen-bond donors (Lipinski definition) is 0. The predicted octanol–water partition coefficient (Wildman–Crippen LogP) is 4.05. The van der Waals surface area contributed by atoms with Gasteiger partial charge in [-0.1, -0.05) is 11.3 Å². The molecule has 3 rings (SSSR count). The molecule has 1 heterocycles. The van der Waals surface area contributed by atoms with Crippen LogP contribution in [0.1, 0.15) is 30.9 Å².